The number of hydrogen-bond donors (Lipinski definition) is 0. The molecular weight excluding hydrogens is 337 g/mol. The lowest BCUT2D eigenvalue weighted by atomic mass is 10.2. The first-order chi connectivity index (χ1) is 8.58. The fourth-order valence-corrected chi connectivity index (χ4v) is 2.49. The standard InChI is InChI=1S/C13H10BrCl2NO/c1-8(12-11(15)6-7-17-13(12)16)18-10-4-2-9(14)3-5-10/h2-8H,1H3. The van der Waals surface area contributed by atoms with E-state index in [1.807, 2.05) is 31.2 Å². The minimum Gasteiger partial charge on any atom is -0.486 e. The van der Waals surface area contributed by atoms with Gasteiger partial charge in [-0.05, 0) is 37.3 Å². The summed E-state index contributed by atoms with van der Waals surface area (Å²) in [6, 6.07) is 9.27. The lowest BCUT2D eigenvalue weighted by Crippen LogP contribution is -2.05. The second-order valence-corrected chi connectivity index (χ2v) is 5.39. The first-order valence-corrected chi connectivity index (χ1v) is 6.85. The summed E-state index contributed by atoms with van der Waals surface area (Å²) >= 11 is 15.5. The summed E-state index contributed by atoms with van der Waals surface area (Å²) in [5, 5.41) is 0.923. The van der Waals surface area contributed by atoms with Crippen molar-refractivity contribution in [2.75, 3.05) is 0 Å². The van der Waals surface area contributed by atoms with Crippen LogP contribution in [0.3, 0.4) is 0 Å². The molecule has 0 spiro atoms. The molecule has 1 atom stereocenters. The van der Waals surface area contributed by atoms with Crippen LogP contribution in [-0.4, -0.2) is 4.98 Å². The van der Waals surface area contributed by atoms with Gasteiger partial charge >= 0.3 is 0 Å². The molecule has 2 rings (SSSR count). The fraction of sp³-hybridized carbons (Fsp3) is 0.154. The molecule has 94 valence electrons. The summed E-state index contributed by atoms with van der Waals surface area (Å²) in [5.74, 6) is 0.752. The highest BCUT2D eigenvalue weighted by Crippen LogP contribution is 2.31. The molecule has 0 fully saturated rings. The van der Waals surface area contributed by atoms with E-state index in [9.17, 15) is 0 Å². The van der Waals surface area contributed by atoms with Crippen LogP contribution >= 0.6 is 39.1 Å². The van der Waals surface area contributed by atoms with E-state index in [-0.39, 0.29) is 6.10 Å². The molecule has 0 aliphatic heterocycles. The first kappa shape index (κ1) is 13.7. The lowest BCUT2D eigenvalue weighted by molar-refractivity contribution is 0.226. The highest BCUT2D eigenvalue weighted by atomic mass is 79.9. The molecule has 2 aromatic rings. The Hall–Kier alpha value is -0.770. The molecule has 1 aromatic heterocycles. The van der Waals surface area contributed by atoms with Crippen molar-refractivity contribution in [3.05, 3.63) is 56.7 Å². The summed E-state index contributed by atoms with van der Waals surface area (Å²) in [4.78, 5) is 4.01. The van der Waals surface area contributed by atoms with E-state index in [0.29, 0.717) is 15.7 Å². The first-order valence-electron chi connectivity index (χ1n) is 5.30. The van der Waals surface area contributed by atoms with Crippen molar-refractivity contribution in [3.63, 3.8) is 0 Å². The van der Waals surface area contributed by atoms with Gasteiger partial charge in [-0.1, -0.05) is 39.1 Å². The largest absolute Gasteiger partial charge is 0.486 e. The normalized spacial score (nSPS) is 12.2. The van der Waals surface area contributed by atoms with Crippen LogP contribution in [0.25, 0.3) is 0 Å². The SMILES string of the molecule is CC(Oc1ccc(Br)cc1)c1c(Cl)ccnc1Cl. The number of halogens is 3. The van der Waals surface area contributed by atoms with Gasteiger partial charge in [-0.15, -0.1) is 0 Å². The van der Waals surface area contributed by atoms with Gasteiger partial charge in [-0.25, -0.2) is 4.98 Å². The third kappa shape index (κ3) is 3.16. The molecule has 18 heavy (non-hydrogen) atoms. The molecule has 1 unspecified atom stereocenters. The summed E-state index contributed by atoms with van der Waals surface area (Å²) < 4.78 is 6.79. The topological polar surface area (TPSA) is 22.1 Å². The molecule has 0 saturated carbocycles. The van der Waals surface area contributed by atoms with Crippen LogP contribution in [0.1, 0.15) is 18.6 Å². The van der Waals surface area contributed by atoms with Crippen molar-refractivity contribution in [2.45, 2.75) is 13.0 Å². The molecule has 0 N–H and O–H groups in total. The maximum absolute atomic E-state index is 6.10. The third-order valence-electron chi connectivity index (χ3n) is 2.42. The number of aromatic nitrogens is 1. The van der Waals surface area contributed by atoms with Crippen LogP contribution in [0, 0.1) is 0 Å². The number of ether oxygens (including phenoxy) is 1. The van der Waals surface area contributed by atoms with Gasteiger partial charge in [-0.2, -0.15) is 0 Å². The van der Waals surface area contributed by atoms with Gasteiger partial charge in [0.1, 0.15) is 17.0 Å². The van der Waals surface area contributed by atoms with Gasteiger partial charge in [0.15, 0.2) is 0 Å². The van der Waals surface area contributed by atoms with Crippen LogP contribution in [0.4, 0.5) is 0 Å². The van der Waals surface area contributed by atoms with Crippen LogP contribution in [0.5, 0.6) is 5.75 Å². The number of benzene rings is 1. The Morgan fingerprint density at radius 1 is 1.17 bits per heavy atom. The van der Waals surface area contributed by atoms with Gasteiger partial charge in [0.2, 0.25) is 0 Å². The van der Waals surface area contributed by atoms with Gasteiger partial charge in [0.05, 0.1) is 5.02 Å². The molecule has 0 bridgehead atoms. The van der Waals surface area contributed by atoms with E-state index in [0.717, 1.165) is 10.2 Å². The molecule has 2 nitrogen and oxygen atoms in total. The van der Waals surface area contributed by atoms with E-state index in [1.54, 1.807) is 12.3 Å². The Labute approximate surface area is 124 Å². The van der Waals surface area contributed by atoms with Gasteiger partial charge in [0.25, 0.3) is 0 Å². The van der Waals surface area contributed by atoms with Crippen molar-refractivity contribution in [1.29, 1.82) is 0 Å². The van der Waals surface area contributed by atoms with E-state index in [4.69, 9.17) is 27.9 Å². The Bertz CT molecular complexity index is 525. The quantitative estimate of drug-likeness (QED) is 0.704. The van der Waals surface area contributed by atoms with E-state index < -0.39 is 0 Å². The lowest BCUT2D eigenvalue weighted by Gasteiger charge is -2.17. The molecule has 0 aliphatic rings. The zero-order valence-electron chi connectivity index (χ0n) is 9.53. The molecule has 0 amide bonds. The zero-order chi connectivity index (χ0) is 13.1. The van der Waals surface area contributed by atoms with Crippen molar-refractivity contribution in [1.82, 2.24) is 4.98 Å². The summed E-state index contributed by atoms with van der Waals surface area (Å²) in [7, 11) is 0. The van der Waals surface area contributed by atoms with Gasteiger partial charge in [0, 0.05) is 16.2 Å². The van der Waals surface area contributed by atoms with Crippen molar-refractivity contribution in [3.8, 4) is 5.75 Å². The highest BCUT2D eigenvalue weighted by Gasteiger charge is 2.16. The van der Waals surface area contributed by atoms with E-state index in [2.05, 4.69) is 20.9 Å². The maximum atomic E-state index is 6.10. The minimum atomic E-state index is -0.264. The monoisotopic (exact) mass is 345 g/mol. The molecule has 0 saturated heterocycles. The number of rotatable bonds is 3. The Kier molecular flexibility index (Phi) is 4.49. The zero-order valence-corrected chi connectivity index (χ0v) is 12.6. The maximum Gasteiger partial charge on any atom is 0.137 e. The second kappa shape index (κ2) is 5.91. The Balaban J connectivity index is 2.22. The number of pyridine rings is 1. The van der Waals surface area contributed by atoms with Crippen LogP contribution in [-0.2, 0) is 0 Å². The smallest absolute Gasteiger partial charge is 0.137 e. The Morgan fingerprint density at radius 3 is 2.44 bits per heavy atom. The van der Waals surface area contributed by atoms with Crippen LogP contribution in [0.2, 0.25) is 10.2 Å². The average Bonchev–Trinajstić information content (AvgIpc) is 2.32. The van der Waals surface area contributed by atoms with E-state index >= 15 is 0 Å². The summed E-state index contributed by atoms with van der Waals surface area (Å²) in [6.45, 7) is 1.89. The Morgan fingerprint density at radius 2 is 1.83 bits per heavy atom. The van der Waals surface area contributed by atoms with Crippen LogP contribution in [0.15, 0.2) is 41.0 Å². The average molecular weight is 347 g/mol. The molecular formula is C13H10BrCl2NO. The predicted octanol–water partition coefficient (Wildman–Crippen LogP) is 5.29. The summed E-state index contributed by atoms with van der Waals surface area (Å²) in [5.41, 5.74) is 0.698. The number of nitrogens with zero attached hydrogens (tertiary/aromatic N) is 1. The van der Waals surface area contributed by atoms with E-state index in [1.165, 1.54) is 0 Å². The predicted molar refractivity (Wildman–Crippen MR) is 77.4 cm³/mol. The van der Waals surface area contributed by atoms with Crippen LogP contribution < -0.4 is 4.74 Å². The summed E-state index contributed by atoms with van der Waals surface area (Å²) in [6.07, 6.45) is 1.31. The molecule has 1 aromatic carbocycles. The number of hydrogen-bond acceptors (Lipinski definition) is 2. The molecule has 5 heteroatoms. The third-order valence-corrected chi connectivity index (χ3v) is 3.58. The fourth-order valence-electron chi connectivity index (χ4n) is 1.56. The minimum absolute atomic E-state index is 0.264. The van der Waals surface area contributed by atoms with Crippen molar-refractivity contribution < 1.29 is 4.74 Å². The second-order valence-electron chi connectivity index (χ2n) is 3.71. The molecule has 0 radical (unpaired) electrons. The van der Waals surface area contributed by atoms with Gasteiger partial charge < -0.3 is 4.74 Å². The van der Waals surface area contributed by atoms with Crippen molar-refractivity contribution >= 4 is 39.1 Å². The van der Waals surface area contributed by atoms with Gasteiger partial charge in [-0.3, -0.25) is 0 Å². The molecule has 0 aliphatic carbocycles. The molecule has 1 heterocycles. The highest BCUT2D eigenvalue weighted by molar-refractivity contribution is 9.10. The van der Waals surface area contributed by atoms with Crippen molar-refractivity contribution in [2.24, 2.45) is 0 Å².